The van der Waals surface area contributed by atoms with Gasteiger partial charge in [-0.25, -0.2) is 4.79 Å². The summed E-state index contributed by atoms with van der Waals surface area (Å²) in [5.41, 5.74) is -1.83. The Hall–Kier alpha value is -2.51. The fraction of sp³-hybridized carbons (Fsp3) is 0.767. The summed E-state index contributed by atoms with van der Waals surface area (Å²) in [6.07, 6.45) is 7.10. The Morgan fingerprint density at radius 3 is 2.47 bits per heavy atom. The van der Waals surface area contributed by atoms with Gasteiger partial charge in [-0.1, -0.05) is 46.1 Å². The Morgan fingerprint density at radius 2 is 1.76 bits per heavy atom. The highest BCUT2D eigenvalue weighted by molar-refractivity contribution is 5.96. The van der Waals surface area contributed by atoms with Gasteiger partial charge in [0.15, 0.2) is 18.0 Å². The Morgan fingerprint density at radius 1 is 1.00 bits per heavy atom. The van der Waals surface area contributed by atoms with E-state index in [0.717, 1.165) is 31.3 Å². The molecule has 4 aliphatic carbocycles. The molecule has 0 spiro atoms. The lowest BCUT2D eigenvalue weighted by Gasteiger charge is -2.57. The molecule has 0 saturated heterocycles. The van der Waals surface area contributed by atoms with Crippen molar-refractivity contribution in [2.24, 2.45) is 28.6 Å². The highest BCUT2D eigenvalue weighted by Gasteiger charge is 2.71. The molecule has 0 radical (unpaired) electrons. The number of hydrogen-bond acceptors (Lipinski definition) is 8. The van der Waals surface area contributed by atoms with Crippen LogP contribution < -0.4 is 0 Å². The summed E-state index contributed by atoms with van der Waals surface area (Å²) >= 11 is 0. The second-order valence-corrected chi connectivity index (χ2v) is 12.1. The minimum atomic E-state index is -1.60. The second-order valence-electron chi connectivity index (χ2n) is 12.1. The van der Waals surface area contributed by atoms with E-state index in [1.54, 1.807) is 13.0 Å². The molecule has 8 heteroatoms. The number of hydrogen-bond donors (Lipinski definition) is 0. The number of allylic oxidation sites excluding steroid dienone is 1. The number of ether oxygens (including phenoxy) is 3. The molecule has 0 unspecified atom stereocenters. The van der Waals surface area contributed by atoms with E-state index in [0.29, 0.717) is 25.7 Å². The third-order valence-corrected chi connectivity index (χ3v) is 10.1. The van der Waals surface area contributed by atoms with Crippen molar-refractivity contribution in [2.75, 3.05) is 13.2 Å². The van der Waals surface area contributed by atoms with Crippen molar-refractivity contribution in [3.63, 3.8) is 0 Å². The van der Waals surface area contributed by atoms with Crippen molar-refractivity contribution >= 4 is 29.5 Å². The van der Waals surface area contributed by atoms with Gasteiger partial charge in [-0.15, -0.1) is 0 Å². The van der Waals surface area contributed by atoms with Gasteiger partial charge in [-0.05, 0) is 61.9 Å². The van der Waals surface area contributed by atoms with Crippen LogP contribution in [-0.2, 0) is 33.4 Å². The minimum absolute atomic E-state index is 0.0219. The van der Waals surface area contributed by atoms with Crippen molar-refractivity contribution in [3.05, 3.63) is 11.6 Å². The van der Waals surface area contributed by atoms with E-state index in [2.05, 4.69) is 6.92 Å². The fourth-order valence-electron chi connectivity index (χ4n) is 8.10. The van der Waals surface area contributed by atoms with Gasteiger partial charge in [0.1, 0.15) is 5.78 Å². The molecule has 0 N–H and O–H groups in total. The van der Waals surface area contributed by atoms with Gasteiger partial charge in [-0.2, -0.15) is 0 Å². The number of carbonyl (C=O) groups is 5. The van der Waals surface area contributed by atoms with E-state index < -0.39 is 35.5 Å². The van der Waals surface area contributed by atoms with Crippen LogP contribution in [0.5, 0.6) is 0 Å². The maximum absolute atomic E-state index is 14.0. The van der Waals surface area contributed by atoms with Gasteiger partial charge < -0.3 is 14.2 Å². The first-order chi connectivity index (χ1) is 18.0. The molecule has 0 heterocycles. The Balaban J connectivity index is 1.65. The molecule has 210 valence electrons. The molecule has 8 nitrogen and oxygen atoms in total. The van der Waals surface area contributed by atoms with Crippen molar-refractivity contribution in [1.29, 1.82) is 0 Å². The first kappa shape index (κ1) is 28.5. The zero-order valence-corrected chi connectivity index (χ0v) is 23.3. The predicted octanol–water partition coefficient (Wildman–Crippen LogP) is 5.30. The number of carbonyl (C=O) groups excluding carboxylic acids is 5. The molecular formula is C30H42O8. The molecule has 0 aliphatic heterocycles. The van der Waals surface area contributed by atoms with Crippen molar-refractivity contribution in [2.45, 2.75) is 104 Å². The second kappa shape index (κ2) is 10.9. The summed E-state index contributed by atoms with van der Waals surface area (Å²) in [6.45, 7) is 7.38. The average molecular weight is 531 g/mol. The van der Waals surface area contributed by atoms with Gasteiger partial charge in [-0.3, -0.25) is 19.2 Å². The summed E-state index contributed by atoms with van der Waals surface area (Å²) in [5.74, 6) is -1.05. The number of ketones is 3. The van der Waals surface area contributed by atoms with Crippen LogP contribution in [0.4, 0.5) is 4.79 Å². The molecule has 0 amide bonds. The highest BCUT2D eigenvalue weighted by atomic mass is 16.7. The lowest BCUT2D eigenvalue weighted by Crippen LogP contribution is -2.62. The number of fused-ring (bicyclic) bond motifs is 5. The molecule has 4 rings (SSSR count). The van der Waals surface area contributed by atoms with Gasteiger partial charge >= 0.3 is 12.1 Å². The number of rotatable bonds is 9. The molecule has 38 heavy (non-hydrogen) atoms. The summed E-state index contributed by atoms with van der Waals surface area (Å²) in [6, 6.07) is 0. The molecule has 0 aromatic carbocycles. The van der Waals surface area contributed by atoms with Crippen LogP contribution in [0, 0.1) is 28.6 Å². The standard InChI is InChI=1S/C30H42O8/c1-5-7-8-15-36-27(35)38-30(24(33)18-37-25(34)6-2)14-12-22-21-10-9-19-16-20(31)11-13-28(19,3)26(21)23(32)17-29(22,30)4/h16,21-22,26H,5-15,17-18H2,1-4H3/t21-,22-,26+,28-,29-,30-/m0/s1. The number of esters is 1. The summed E-state index contributed by atoms with van der Waals surface area (Å²) in [5, 5.41) is 0. The number of Topliss-reactive ketones (excluding diaryl/α,β-unsaturated/α-hetero) is 2. The largest absolute Gasteiger partial charge is 0.509 e. The van der Waals surface area contributed by atoms with E-state index in [4.69, 9.17) is 14.2 Å². The maximum Gasteiger partial charge on any atom is 0.509 e. The van der Waals surface area contributed by atoms with E-state index in [1.165, 1.54) is 0 Å². The normalized spacial score (nSPS) is 35.9. The molecule has 0 aromatic heterocycles. The van der Waals surface area contributed by atoms with Crippen LogP contribution in [0.2, 0.25) is 0 Å². The lowest BCUT2D eigenvalue weighted by molar-refractivity contribution is -0.177. The highest BCUT2D eigenvalue weighted by Crippen LogP contribution is 2.67. The predicted molar refractivity (Wildman–Crippen MR) is 138 cm³/mol. The van der Waals surface area contributed by atoms with Gasteiger partial charge in [0.25, 0.3) is 0 Å². The minimum Gasteiger partial charge on any atom is -0.457 e. The fourth-order valence-corrected chi connectivity index (χ4v) is 8.10. The summed E-state index contributed by atoms with van der Waals surface area (Å²) < 4.78 is 16.5. The van der Waals surface area contributed by atoms with Gasteiger partial charge in [0, 0.05) is 30.6 Å². The summed E-state index contributed by atoms with van der Waals surface area (Å²) in [4.78, 5) is 64.7. The number of unbranched alkanes of at least 4 members (excludes halogenated alkanes) is 2. The lowest BCUT2D eigenvalue weighted by atomic mass is 9.46. The first-order valence-corrected chi connectivity index (χ1v) is 14.3. The SMILES string of the molecule is CCCCCOC(=O)O[C@]1(C(=O)COC(=O)CC)CC[C@H]2[C@@H]3CCC4=CC(=O)CC[C@]4(C)[C@H]3C(=O)C[C@@]21C. The van der Waals surface area contributed by atoms with Crippen LogP contribution in [-0.4, -0.2) is 48.3 Å². The van der Waals surface area contributed by atoms with E-state index in [1.807, 2.05) is 13.8 Å². The Bertz CT molecular complexity index is 1030. The van der Waals surface area contributed by atoms with Crippen molar-refractivity contribution in [1.82, 2.24) is 0 Å². The van der Waals surface area contributed by atoms with Gasteiger partial charge in [0.2, 0.25) is 5.78 Å². The Labute approximate surface area is 225 Å². The van der Waals surface area contributed by atoms with Crippen LogP contribution in [0.1, 0.15) is 98.3 Å². The molecule has 6 atom stereocenters. The van der Waals surface area contributed by atoms with Gasteiger partial charge in [0.05, 0.1) is 6.61 Å². The molecule has 3 fully saturated rings. The van der Waals surface area contributed by atoms with Crippen LogP contribution in [0.15, 0.2) is 11.6 Å². The third-order valence-electron chi connectivity index (χ3n) is 10.1. The zero-order valence-electron chi connectivity index (χ0n) is 23.3. The topological polar surface area (TPSA) is 113 Å². The third kappa shape index (κ3) is 4.73. The monoisotopic (exact) mass is 530 g/mol. The molecular weight excluding hydrogens is 488 g/mol. The van der Waals surface area contributed by atoms with E-state index in [9.17, 15) is 24.0 Å². The average Bonchev–Trinajstić information content (AvgIpc) is 3.17. The van der Waals surface area contributed by atoms with Crippen LogP contribution in [0.25, 0.3) is 0 Å². The van der Waals surface area contributed by atoms with E-state index >= 15 is 0 Å². The molecule has 4 aliphatic rings. The quantitative estimate of drug-likeness (QED) is 0.291. The Kier molecular flexibility index (Phi) is 8.20. The molecule has 3 saturated carbocycles. The molecule has 0 aromatic rings. The maximum atomic E-state index is 14.0. The molecule has 0 bridgehead atoms. The van der Waals surface area contributed by atoms with Crippen LogP contribution in [0.3, 0.4) is 0 Å². The zero-order chi connectivity index (χ0) is 27.7. The summed E-state index contributed by atoms with van der Waals surface area (Å²) in [7, 11) is 0. The first-order valence-electron chi connectivity index (χ1n) is 14.3. The smallest absolute Gasteiger partial charge is 0.457 e. The van der Waals surface area contributed by atoms with Crippen molar-refractivity contribution < 1.29 is 38.2 Å². The van der Waals surface area contributed by atoms with Crippen molar-refractivity contribution in [3.8, 4) is 0 Å². The van der Waals surface area contributed by atoms with E-state index in [-0.39, 0.29) is 60.6 Å². The van der Waals surface area contributed by atoms with Crippen LogP contribution >= 0.6 is 0 Å².